The molecular weight excluding hydrogens is 510 g/mol. The second-order valence-corrected chi connectivity index (χ2v) is 10.7. The molecule has 0 aliphatic rings. The highest BCUT2D eigenvalue weighted by Crippen LogP contribution is 2.13. The minimum Gasteiger partial charge on any atom is -0.508 e. The van der Waals surface area contributed by atoms with Crippen molar-refractivity contribution in [2.45, 2.75) is 76.5 Å². The van der Waals surface area contributed by atoms with Crippen LogP contribution in [-0.4, -0.2) is 76.6 Å². The molecule has 0 saturated heterocycles. The average Bonchev–Trinajstić information content (AvgIpc) is 2.86. The second kappa shape index (κ2) is 17.6. The summed E-state index contributed by atoms with van der Waals surface area (Å²) >= 11 is 1.56. The van der Waals surface area contributed by atoms with Crippen LogP contribution in [0, 0.1) is 5.92 Å². The predicted molar refractivity (Wildman–Crippen MR) is 149 cm³/mol. The molecule has 0 aromatic heterocycles. The largest absolute Gasteiger partial charge is 0.508 e. The van der Waals surface area contributed by atoms with E-state index >= 15 is 0 Å². The van der Waals surface area contributed by atoms with Crippen LogP contribution in [0.1, 0.15) is 51.5 Å². The van der Waals surface area contributed by atoms with E-state index in [1.807, 2.05) is 20.1 Å². The number of carbonyl (C=O) groups excluding carboxylic acids is 3. The number of rotatable bonds is 18. The van der Waals surface area contributed by atoms with Gasteiger partial charge in [-0.25, -0.2) is 4.79 Å². The summed E-state index contributed by atoms with van der Waals surface area (Å²) < 4.78 is 0. The molecule has 1 rings (SSSR count). The van der Waals surface area contributed by atoms with Crippen LogP contribution >= 0.6 is 11.8 Å². The van der Waals surface area contributed by atoms with E-state index in [1.165, 1.54) is 12.1 Å². The zero-order valence-electron chi connectivity index (χ0n) is 22.4. The Morgan fingerprint density at radius 2 is 1.47 bits per heavy atom. The van der Waals surface area contributed by atoms with Gasteiger partial charge in [-0.05, 0) is 74.3 Å². The van der Waals surface area contributed by atoms with Crippen molar-refractivity contribution < 1.29 is 29.4 Å². The number of unbranched alkanes of at least 4 members (excludes halogenated alkanes) is 1. The lowest BCUT2D eigenvalue weighted by Gasteiger charge is -2.26. The number of nitrogens with two attached hydrogens (primary N) is 2. The van der Waals surface area contributed by atoms with Crippen molar-refractivity contribution in [2.75, 3.05) is 18.6 Å². The number of aromatic hydroxyl groups is 1. The zero-order valence-corrected chi connectivity index (χ0v) is 23.3. The van der Waals surface area contributed by atoms with Crippen molar-refractivity contribution in [3.8, 4) is 5.75 Å². The van der Waals surface area contributed by atoms with Crippen molar-refractivity contribution in [2.24, 2.45) is 17.4 Å². The van der Waals surface area contributed by atoms with E-state index in [0.717, 1.165) is 0 Å². The van der Waals surface area contributed by atoms with Crippen LogP contribution in [-0.2, 0) is 25.6 Å². The van der Waals surface area contributed by atoms with E-state index in [9.17, 15) is 29.4 Å². The number of thioether (sulfide) groups is 1. The number of benzene rings is 1. The smallest absolute Gasteiger partial charge is 0.326 e. The van der Waals surface area contributed by atoms with Crippen LogP contribution in [0.3, 0.4) is 0 Å². The number of carboxylic acids is 1. The van der Waals surface area contributed by atoms with Crippen molar-refractivity contribution >= 4 is 35.5 Å². The van der Waals surface area contributed by atoms with Crippen LogP contribution in [0.15, 0.2) is 24.3 Å². The van der Waals surface area contributed by atoms with Gasteiger partial charge in [0.2, 0.25) is 17.7 Å². The maximum Gasteiger partial charge on any atom is 0.326 e. The van der Waals surface area contributed by atoms with Gasteiger partial charge in [0.05, 0.1) is 6.04 Å². The first-order chi connectivity index (χ1) is 18.0. The molecule has 0 aliphatic heterocycles. The van der Waals surface area contributed by atoms with Gasteiger partial charge in [-0.15, -0.1) is 0 Å². The standard InChI is InChI=1S/C26H43N5O6S/c1-16(2)14-21(25(35)31-22(26(36)37)15-17-7-9-18(32)10-8-17)30-24(34)20(6-4-5-12-27)29-23(33)19(28)11-13-38-3/h7-10,16,19-22,32H,4-6,11-15,27-28H2,1-3H3,(H,29,33)(H,30,34)(H,31,35)(H,36,37). The topological polar surface area (TPSA) is 197 Å². The third-order valence-corrected chi connectivity index (χ3v) is 6.52. The number of aliphatic carboxylic acids is 1. The summed E-state index contributed by atoms with van der Waals surface area (Å²) in [5.41, 5.74) is 12.2. The minimum atomic E-state index is -1.24. The van der Waals surface area contributed by atoms with Gasteiger partial charge >= 0.3 is 5.97 Å². The lowest BCUT2D eigenvalue weighted by Crippen LogP contribution is -2.57. The van der Waals surface area contributed by atoms with Gasteiger partial charge < -0.3 is 37.6 Å². The SMILES string of the molecule is CSCCC(N)C(=O)NC(CCCCN)C(=O)NC(CC(C)C)C(=O)NC(Cc1ccc(O)cc1)C(=O)O. The summed E-state index contributed by atoms with van der Waals surface area (Å²) in [7, 11) is 0. The average molecular weight is 554 g/mol. The highest BCUT2D eigenvalue weighted by atomic mass is 32.2. The Hall–Kier alpha value is -2.83. The van der Waals surface area contributed by atoms with E-state index < -0.39 is 47.9 Å². The molecule has 1 aromatic rings. The monoisotopic (exact) mass is 553 g/mol. The van der Waals surface area contributed by atoms with Crippen molar-refractivity contribution in [1.29, 1.82) is 0 Å². The summed E-state index contributed by atoms with van der Waals surface area (Å²) in [5.74, 6) is -2.10. The van der Waals surface area contributed by atoms with E-state index in [0.29, 0.717) is 43.5 Å². The number of phenols is 1. The second-order valence-electron chi connectivity index (χ2n) is 9.69. The molecule has 0 aliphatic carbocycles. The molecule has 12 heteroatoms. The first-order valence-corrected chi connectivity index (χ1v) is 14.2. The van der Waals surface area contributed by atoms with Gasteiger partial charge in [0.1, 0.15) is 23.9 Å². The molecule has 0 saturated carbocycles. The number of hydrogen-bond acceptors (Lipinski definition) is 8. The van der Waals surface area contributed by atoms with Gasteiger partial charge in [-0.3, -0.25) is 14.4 Å². The van der Waals surface area contributed by atoms with Crippen LogP contribution in [0.4, 0.5) is 0 Å². The van der Waals surface area contributed by atoms with E-state index in [4.69, 9.17) is 11.5 Å². The molecule has 4 unspecified atom stereocenters. The molecule has 0 heterocycles. The Kier molecular flexibility index (Phi) is 15.4. The Bertz CT molecular complexity index is 899. The third-order valence-electron chi connectivity index (χ3n) is 5.88. The molecule has 1 aromatic carbocycles. The normalized spacial score (nSPS) is 14.3. The van der Waals surface area contributed by atoms with Crippen molar-refractivity contribution in [3.63, 3.8) is 0 Å². The maximum absolute atomic E-state index is 13.2. The highest BCUT2D eigenvalue weighted by Gasteiger charge is 2.30. The molecule has 4 atom stereocenters. The van der Waals surface area contributed by atoms with Crippen LogP contribution in [0.25, 0.3) is 0 Å². The summed E-state index contributed by atoms with van der Waals surface area (Å²) in [5, 5.41) is 27.1. The number of amides is 3. The summed E-state index contributed by atoms with van der Waals surface area (Å²) in [4.78, 5) is 50.8. The van der Waals surface area contributed by atoms with Gasteiger partial charge in [-0.2, -0.15) is 11.8 Å². The number of hydrogen-bond donors (Lipinski definition) is 7. The number of phenolic OH excluding ortho intramolecular Hbond substituents is 1. The molecular formula is C26H43N5O6S. The first-order valence-electron chi connectivity index (χ1n) is 12.8. The Labute approximate surface area is 228 Å². The van der Waals surface area contributed by atoms with Gasteiger partial charge in [-0.1, -0.05) is 26.0 Å². The van der Waals surface area contributed by atoms with Crippen molar-refractivity contribution in [1.82, 2.24) is 16.0 Å². The Morgan fingerprint density at radius 1 is 0.895 bits per heavy atom. The fourth-order valence-electron chi connectivity index (χ4n) is 3.73. The zero-order chi connectivity index (χ0) is 28.7. The van der Waals surface area contributed by atoms with Crippen LogP contribution < -0.4 is 27.4 Å². The molecule has 0 radical (unpaired) electrons. The third kappa shape index (κ3) is 12.6. The molecule has 11 nitrogen and oxygen atoms in total. The minimum absolute atomic E-state index is 0.00456. The summed E-state index contributed by atoms with van der Waals surface area (Å²) in [6, 6.07) is 2.08. The molecule has 214 valence electrons. The van der Waals surface area contributed by atoms with Gasteiger partial charge in [0.25, 0.3) is 0 Å². The molecule has 38 heavy (non-hydrogen) atoms. The molecule has 3 amide bonds. The van der Waals surface area contributed by atoms with Crippen molar-refractivity contribution in [3.05, 3.63) is 29.8 Å². The first kappa shape index (κ1) is 33.2. The van der Waals surface area contributed by atoms with Crippen LogP contribution in [0.5, 0.6) is 5.75 Å². The maximum atomic E-state index is 13.2. The lowest BCUT2D eigenvalue weighted by atomic mass is 10.00. The van der Waals surface area contributed by atoms with Gasteiger partial charge in [0, 0.05) is 6.42 Å². The Balaban J connectivity index is 2.99. The lowest BCUT2D eigenvalue weighted by molar-refractivity contribution is -0.142. The predicted octanol–water partition coefficient (Wildman–Crippen LogP) is 0.729. The molecule has 0 bridgehead atoms. The van der Waals surface area contributed by atoms with Crippen LogP contribution in [0.2, 0.25) is 0 Å². The van der Waals surface area contributed by atoms with E-state index in [2.05, 4.69) is 16.0 Å². The number of carboxylic acid groups (broad SMARTS) is 1. The molecule has 0 spiro atoms. The number of nitrogens with one attached hydrogen (secondary N) is 3. The van der Waals surface area contributed by atoms with E-state index in [-0.39, 0.29) is 24.5 Å². The quantitative estimate of drug-likeness (QED) is 0.128. The van der Waals surface area contributed by atoms with Gasteiger partial charge in [0.15, 0.2) is 0 Å². The number of carbonyl (C=O) groups is 4. The molecule has 0 fully saturated rings. The van der Waals surface area contributed by atoms with E-state index in [1.54, 1.807) is 23.9 Å². The summed E-state index contributed by atoms with van der Waals surface area (Å²) in [6.45, 7) is 4.19. The molecule has 9 N–H and O–H groups in total. The summed E-state index contributed by atoms with van der Waals surface area (Å²) in [6.07, 6.45) is 4.19. The Morgan fingerprint density at radius 3 is 2.03 bits per heavy atom. The fourth-order valence-corrected chi connectivity index (χ4v) is 4.22. The fraction of sp³-hybridized carbons (Fsp3) is 0.615. The highest BCUT2D eigenvalue weighted by molar-refractivity contribution is 7.98.